The maximum Gasteiger partial charge on any atom is 0.133 e. The topological polar surface area (TPSA) is 46.5 Å². The molecule has 0 aliphatic carbocycles. The van der Waals surface area contributed by atoms with Gasteiger partial charge < -0.3 is 20.0 Å². The first-order valence-corrected chi connectivity index (χ1v) is 14.7. The van der Waals surface area contributed by atoms with E-state index in [1.54, 1.807) is 12.1 Å². The van der Waals surface area contributed by atoms with Gasteiger partial charge in [-0.2, -0.15) is 0 Å². The summed E-state index contributed by atoms with van der Waals surface area (Å²) in [4.78, 5) is 16.9. The zero-order valence-corrected chi connectivity index (χ0v) is 25.2. The first-order chi connectivity index (χ1) is 19.2. The number of benzene rings is 1. The second-order valence-corrected chi connectivity index (χ2v) is 11.3. The molecule has 7 heteroatoms. The molecular formula is C33H47FN6. The molecular weight excluding hydrogens is 499 g/mol. The van der Waals surface area contributed by atoms with Crippen molar-refractivity contribution in [3.63, 3.8) is 0 Å². The number of halogens is 1. The minimum atomic E-state index is -0.238. The van der Waals surface area contributed by atoms with Crippen LogP contribution >= 0.6 is 0 Å². The van der Waals surface area contributed by atoms with Crippen molar-refractivity contribution in [3.8, 4) is 0 Å². The highest BCUT2D eigenvalue weighted by molar-refractivity contribution is 6.02. The first kappa shape index (κ1) is 29.6. The summed E-state index contributed by atoms with van der Waals surface area (Å²) in [6.45, 7) is 19.8. The Morgan fingerprint density at radius 2 is 1.80 bits per heavy atom. The smallest absolute Gasteiger partial charge is 0.133 e. The molecule has 4 rings (SSSR count). The number of amidine groups is 1. The average Bonchev–Trinajstić information content (AvgIpc) is 2.92. The lowest BCUT2D eigenvalue weighted by molar-refractivity contribution is 0.283. The fourth-order valence-electron chi connectivity index (χ4n) is 5.79. The molecule has 1 aromatic rings. The summed E-state index contributed by atoms with van der Waals surface area (Å²) in [6, 6.07) is 5.17. The highest BCUT2D eigenvalue weighted by Crippen LogP contribution is 2.31. The van der Waals surface area contributed by atoms with E-state index in [0.717, 1.165) is 105 Å². The van der Waals surface area contributed by atoms with E-state index in [9.17, 15) is 4.39 Å². The van der Waals surface area contributed by atoms with E-state index in [0.29, 0.717) is 0 Å². The molecule has 1 atom stereocenters. The highest BCUT2D eigenvalue weighted by atomic mass is 19.1. The molecule has 3 aliphatic heterocycles. The molecule has 1 N–H and O–H groups in total. The molecule has 40 heavy (non-hydrogen) atoms. The second-order valence-electron chi connectivity index (χ2n) is 11.3. The third-order valence-electron chi connectivity index (χ3n) is 8.60. The minimum Gasteiger partial charge on any atom is -0.387 e. The number of likely N-dealkylation sites (N-methyl/N-ethyl adjacent to an activating group) is 1. The van der Waals surface area contributed by atoms with Gasteiger partial charge in [0.25, 0.3) is 0 Å². The Morgan fingerprint density at radius 3 is 2.50 bits per heavy atom. The molecule has 1 unspecified atom stereocenters. The SMILES string of the molecule is C=C1CCc2ccc(F)cc2C(=C)N2CCCCC2C(=N/C)/C=C(C)/N=C(N2CCC2)\C(C)=C(/C)N(C)CCN1. The van der Waals surface area contributed by atoms with Crippen LogP contribution in [0.25, 0.3) is 5.70 Å². The van der Waals surface area contributed by atoms with Crippen molar-refractivity contribution in [3.05, 3.63) is 77.0 Å². The van der Waals surface area contributed by atoms with E-state index in [-0.39, 0.29) is 11.9 Å². The Bertz CT molecular complexity index is 1240. The van der Waals surface area contributed by atoms with E-state index in [1.165, 1.54) is 17.7 Å². The number of rotatable bonds is 0. The van der Waals surface area contributed by atoms with Crippen LogP contribution in [-0.4, -0.2) is 79.1 Å². The van der Waals surface area contributed by atoms with Gasteiger partial charge in [-0.25, -0.2) is 9.38 Å². The van der Waals surface area contributed by atoms with Gasteiger partial charge in [-0.1, -0.05) is 19.2 Å². The molecule has 1 aromatic carbocycles. The van der Waals surface area contributed by atoms with Crippen molar-refractivity contribution in [2.24, 2.45) is 9.98 Å². The van der Waals surface area contributed by atoms with E-state index in [2.05, 4.69) is 67.1 Å². The summed E-state index contributed by atoms with van der Waals surface area (Å²) < 4.78 is 14.5. The number of allylic oxidation sites excluding steroid dienone is 3. The zero-order chi connectivity index (χ0) is 28.8. The Balaban J connectivity index is 1.78. The molecule has 3 heterocycles. The molecule has 216 valence electrons. The number of hydrogen-bond donors (Lipinski definition) is 1. The number of hydrogen-bond acceptors (Lipinski definition) is 6. The predicted molar refractivity (Wildman–Crippen MR) is 167 cm³/mol. The minimum absolute atomic E-state index is 0.0724. The van der Waals surface area contributed by atoms with E-state index in [1.807, 2.05) is 13.1 Å². The summed E-state index contributed by atoms with van der Waals surface area (Å²) >= 11 is 0. The molecule has 0 amide bonds. The lowest BCUT2D eigenvalue weighted by atomic mass is 9.93. The number of fused-ring (bicyclic) bond motifs is 2. The molecule has 2 saturated heterocycles. The summed E-state index contributed by atoms with van der Waals surface area (Å²) in [5.41, 5.74) is 8.18. The molecule has 0 saturated carbocycles. The summed E-state index contributed by atoms with van der Waals surface area (Å²) in [7, 11) is 4.00. The van der Waals surface area contributed by atoms with Crippen molar-refractivity contribution in [2.45, 2.75) is 65.3 Å². The van der Waals surface area contributed by atoms with Gasteiger partial charge in [0, 0.05) is 80.7 Å². The lowest BCUT2D eigenvalue weighted by Crippen LogP contribution is -2.43. The monoisotopic (exact) mass is 546 g/mol. The van der Waals surface area contributed by atoms with Crippen LogP contribution in [0.2, 0.25) is 0 Å². The lowest BCUT2D eigenvalue weighted by Gasteiger charge is -2.39. The number of aryl methyl sites for hydroxylation is 1. The fourth-order valence-corrected chi connectivity index (χ4v) is 5.79. The maximum absolute atomic E-state index is 14.5. The number of nitrogens with zero attached hydrogens (tertiary/aromatic N) is 5. The number of piperidine rings is 1. The molecule has 0 bridgehead atoms. The van der Waals surface area contributed by atoms with Crippen molar-refractivity contribution >= 4 is 17.2 Å². The average molecular weight is 547 g/mol. The molecule has 0 aromatic heterocycles. The van der Waals surface area contributed by atoms with Crippen LogP contribution in [0, 0.1) is 5.82 Å². The van der Waals surface area contributed by atoms with Crippen molar-refractivity contribution in [1.29, 1.82) is 0 Å². The third kappa shape index (κ3) is 6.86. The van der Waals surface area contributed by atoms with Gasteiger partial charge in [-0.05, 0) is 83.1 Å². The largest absolute Gasteiger partial charge is 0.387 e. The van der Waals surface area contributed by atoms with Crippen LogP contribution in [0.1, 0.15) is 64.0 Å². The first-order valence-electron chi connectivity index (χ1n) is 14.7. The van der Waals surface area contributed by atoms with Gasteiger partial charge in [0.15, 0.2) is 0 Å². The van der Waals surface area contributed by atoms with Gasteiger partial charge in [0.05, 0.1) is 11.8 Å². The van der Waals surface area contributed by atoms with Crippen molar-refractivity contribution < 1.29 is 4.39 Å². The number of likely N-dealkylation sites (tertiary alicyclic amines) is 1. The third-order valence-corrected chi connectivity index (χ3v) is 8.60. The predicted octanol–water partition coefficient (Wildman–Crippen LogP) is 6.00. The van der Waals surface area contributed by atoms with Crippen LogP contribution in [-0.2, 0) is 6.42 Å². The molecule has 0 radical (unpaired) electrons. The van der Waals surface area contributed by atoms with E-state index in [4.69, 9.17) is 9.98 Å². The van der Waals surface area contributed by atoms with Crippen LogP contribution in [0.15, 0.2) is 70.1 Å². The van der Waals surface area contributed by atoms with E-state index < -0.39 is 0 Å². The Labute approximate surface area is 240 Å². The summed E-state index contributed by atoms with van der Waals surface area (Å²) in [5, 5.41) is 3.51. The van der Waals surface area contributed by atoms with Crippen molar-refractivity contribution in [2.75, 3.05) is 46.8 Å². The molecule has 6 nitrogen and oxygen atoms in total. The van der Waals surface area contributed by atoms with Gasteiger partial charge in [-0.15, -0.1) is 0 Å². The normalized spacial score (nSPS) is 27.7. The van der Waals surface area contributed by atoms with Gasteiger partial charge in [0.2, 0.25) is 0 Å². The van der Waals surface area contributed by atoms with Crippen LogP contribution in [0.5, 0.6) is 0 Å². The van der Waals surface area contributed by atoms with E-state index >= 15 is 0 Å². The van der Waals surface area contributed by atoms with Gasteiger partial charge in [-0.3, -0.25) is 4.99 Å². The molecule has 2 fully saturated rings. The van der Waals surface area contributed by atoms with Gasteiger partial charge in [0.1, 0.15) is 11.7 Å². The fraction of sp³-hybridized carbons (Fsp3) is 0.515. The number of aliphatic imine (C=N–C) groups is 2. The van der Waals surface area contributed by atoms with Crippen LogP contribution in [0.3, 0.4) is 0 Å². The Kier molecular flexibility index (Phi) is 9.88. The maximum atomic E-state index is 14.5. The summed E-state index contributed by atoms with van der Waals surface area (Å²) in [6.07, 6.45) is 8.06. The van der Waals surface area contributed by atoms with Crippen LogP contribution < -0.4 is 5.32 Å². The quantitative estimate of drug-likeness (QED) is 0.433. The molecule has 3 aliphatic rings. The summed E-state index contributed by atoms with van der Waals surface area (Å²) in [5.74, 6) is 0.808. The van der Waals surface area contributed by atoms with Crippen molar-refractivity contribution in [1.82, 2.24) is 20.0 Å². The zero-order valence-electron chi connectivity index (χ0n) is 25.2. The van der Waals surface area contributed by atoms with Crippen LogP contribution in [0.4, 0.5) is 4.39 Å². The highest BCUT2D eigenvalue weighted by Gasteiger charge is 2.29. The standard InChI is InChI=1S/C33H47FN6/c1-23-12-13-28-14-15-29(34)22-30(28)27(5)40-19-9-8-11-32(40)31(35-6)21-24(2)37-33(39-17-10-18-39)25(3)26(4)38(7)20-16-36-23/h14-15,21-22,32,36H,1,5,8-13,16-20H2,2-4,6-7H3/b24-21+,26-25+,35-31+,37-33+. The second kappa shape index (κ2) is 13.3. The Morgan fingerprint density at radius 1 is 1.02 bits per heavy atom. The molecule has 0 spiro atoms. The number of nitrogens with one attached hydrogen (secondary N) is 1. The Hall–Kier alpha value is -3.35. The van der Waals surface area contributed by atoms with Gasteiger partial charge >= 0.3 is 0 Å².